The summed E-state index contributed by atoms with van der Waals surface area (Å²) < 4.78 is 11.7. The van der Waals surface area contributed by atoms with Crippen molar-refractivity contribution >= 4 is 40.3 Å². The van der Waals surface area contributed by atoms with E-state index >= 15 is 0 Å². The van der Waals surface area contributed by atoms with Crippen molar-refractivity contribution in [3.05, 3.63) is 51.1 Å². The number of phenols is 1. The first-order chi connectivity index (χ1) is 12.5. The Morgan fingerprint density at radius 3 is 2.62 bits per heavy atom. The predicted octanol–water partition coefficient (Wildman–Crippen LogP) is 3.95. The molecule has 2 N–H and O–H groups in total. The first-order valence-corrected chi connectivity index (χ1v) is 8.78. The lowest BCUT2D eigenvalue weighted by atomic mass is 10.1. The van der Waals surface area contributed by atoms with Crippen LogP contribution < -0.4 is 14.8 Å². The number of nitriles is 1. The lowest BCUT2D eigenvalue weighted by Crippen LogP contribution is -2.13. The van der Waals surface area contributed by atoms with Crippen molar-refractivity contribution in [3.63, 3.8) is 0 Å². The minimum absolute atomic E-state index is 0.0542. The Bertz CT molecular complexity index is 870. The fourth-order valence-electron chi connectivity index (χ4n) is 2.19. The minimum atomic E-state index is -0.540. The molecule has 0 fully saturated rings. The molecule has 0 aliphatic heterocycles. The molecule has 0 bridgehead atoms. The SMILES string of the molecule is CCOc1cc(C=C(C#N)C(=O)Nc2ccc(O)cc2)cc(I)c1OC. The molecule has 7 heteroatoms. The number of halogens is 1. The summed E-state index contributed by atoms with van der Waals surface area (Å²) >= 11 is 2.11. The maximum atomic E-state index is 12.3. The molecule has 0 aliphatic carbocycles. The molecule has 2 aromatic rings. The van der Waals surface area contributed by atoms with Crippen molar-refractivity contribution in [2.45, 2.75) is 6.92 Å². The number of methoxy groups -OCH3 is 1. The van der Waals surface area contributed by atoms with E-state index in [9.17, 15) is 15.2 Å². The van der Waals surface area contributed by atoms with Gasteiger partial charge in [0.25, 0.3) is 5.91 Å². The smallest absolute Gasteiger partial charge is 0.266 e. The number of rotatable bonds is 6. The van der Waals surface area contributed by atoms with Gasteiger partial charge < -0.3 is 19.9 Å². The number of carbonyl (C=O) groups is 1. The van der Waals surface area contributed by atoms with E-state index in [0.29, 0.717) is 29.4 Å². The van der Waals surface area contributed by atoms with Crippen molar-refractivity contribution in [3.8, 4) is 23.3 Å². The number of hydrogen-bond acceptors (Lipinski definition) is 5. The number of nitrogens with zero attached hydrogens (tertiary/aromatic N) is 1. The largest absolute Gasteiger partial charge is 0.508 e. The summed E-state index contributed by atoms with van der Waals surface area (Å²) in [6, 6.07) is 11.4. The fourth-order valence-corrected chi connectivity index (χ4v) is 3.04. The summed E-state index contributed by atoms with van der Waals surface area (Å²) in [5.41, 5.74) is 1.07. The Balaban J connectivity index is 2.31. The number of ether oxygens (including phenoxy) is 2. The van der Waals surface area contributed by atoms with Crippen LogP contribution >= 0.6 is 22.6 Å². The van der Waals surface area contributed by atoms with E-state index in [4.69, 9.17) is 9.47 Å². The Kier molecular flexibility index (Phi) is 6.86. The summed E-state index contributed by atoms with van der Waals surface area (Å²) in [5.74, 6) is 0.707. The maximum absolute atomic E-state index is 12.3. The molecule has 0 unspecified atom stereocenters. The molecule has 2 aromatic carbocycles. The molecule has 1 amide bonds. The first-order valence-electron chi connectivity index (χ1n) is 7.71. The summed E-state index contributed by atoms with van der Waals surface area (Å²) in [4.78, 5) is 12.3. The zero-order valence-electron chi connectivity index (χ0n) is 14.2. The normalized spacial score (nSPS) is 10.8. The molecule has 2 rings (SSSR count). The average molecular weight is 464 g/mol. The topological polar surface area (TPSA) is 91.6 Å². The van der Waals surface area contributed by atoms with Gasteiger partial charge in [-0.2, -0.15) is 5.26 Å². The Hall–Kier alpha value is -2.73. The molecule has 0 aliphatic rings. The molecule has 0 aromatic heterocycles. The predicted molar refractivity (Wildman–Crippen MR) is 107 cm³/mol. The van der Waals surface area contributed by atoms with Gasteiger partial charge in [-0.15, -0.1) is 0 Å². The van der Waals surface area contributed by atoms with Crippen LogP contribution in [0.3, 0.4) is 0 Å². The van der Waals surface area contributed by atoms with Crippen LogP contribution in [0, 0.1) is 14.9 Å². The number of carbonyl (C=O) groups excluding carboxylic acids is 1. The zero-order chi connectivity index (χ0) is 19.1. The first kappa shape index (κ1) is 19.6. The Morgan fingerprint density at radius 2 is 2.04 bits per heavy atom. The van der Waals surface area contributed by atoms with E-state index in [1.165, 1.54) is 18.2 Å². The van der Waals surface area contributed by atoms with Crippen molar-refractivity contribution in [1.29, 1.82) is 5.26 Å². The highest BCUT2D eigenvalue weighted by Gasteiger charge is 2.13. The van der Waals surface area contributed by atoms with Gasteiger partial charge in [0.2, 0.25) is 0 Å². The molecule has 6 nitrogen and oxygen atoms in total. The van der Waals surface area contributed by atoms with Gasteiger partial charge in [0.05, 0.1) is 17.3 Å². The number of anilines is 1. The monoisotopic (exact) mass is 464 g/mol. The number of benzene rings is 2. The molecule has 134 valence electrons. The second-order valence-corrected chi connectivity index (χ2v) is 6.30. The number of amides is 1. The highest BCUT2D eigenvalue weighted by Crippen LogP contribution is 2.34. The van der Waals surface area contributed by atoms with E-state index in [0.717, 1.165) is 3.57 Å². The average Bonchev–Trinajstić information content (AvgIpc) is 2.61. The minimum Gasteiger partial charge on any atom is -0.508 e. The molecule has 0 radical (unpaired) electrons. The molecular weight excluding hydrogens is 447 g/mol. The van der Waals surface area contributed by atoms with Gasteiger partial charge in [0.1, 0.15) is 17.4 Å². The molecule has 26 heavy (non-hydrogen) atoms. The Morgan fingerprint density at radius 1 is 1.35 bits per heavy atom. The lowest BCUT2D eigenvalue weighted by Gasteiger charge is -2.12. The second kappa shape index (κ2) is 9.10. The third kappa shape index (κ3) is 4.89. The number of nitrogens with one attached hydrogen (secondary N) is 1. The van der Waals surface area contributed by atoms with E-state index in [1.54, 1.807) is 31.4 Å². The van der Waals surface area contributed by atoms with Gasteiger partial charge in [-0.3, -0.25) is 4.79 Å². The standard InChI is InChI=1S/C19H17IN2O4/c1-3-26-17-10-12(9-16(20)18(17)25-2)8-13(11-21)19(24)22-14-4-6-15(23)7-5-14/h4-10,23H,3H2,1-2H3,(H,22,24). The van der Waals surface area contributed by atoms with Crippen LogP contribution in [0.1, 0.15) is 12.5 Å². The van der Waals surface area contributed by atoms with Crippen LogP contribution in [0.15, 0.2) is 42.0 Å². The van der Waals surface area contributed by atoms with Crippen LogP contribution in [0.2, 0.25) is 0 Å². The molecule has 0 saturated heterocycles. The number of aromatic hydroxyl groups is 1. The third-order valence-corrected chi connectivity index (χ3v) is 4.14. The highest BCUT2D eigenvalue weighted by atomic mass is 127. The summed E-state index contributed by atoms with van der Waals surface area (Å²) in [6.45, 7) is 2.33. The summed E-state index contributed by atoms with van der Waals surface area (Å²) in [6.07, 6.45) is 1.49. The van der Waals surface area contributed by atoms with Crippen LogP contribution in [0.25, 0.3) is 6.08 Å². The van der Waals surface area contributed by atoms with Crippen LogP contribution in [-0.4, -0.2) is 24.7 Å². The lowest BCUT2D eigenvalue weighted by molar-refractivity contribution is -0.112. The van der Waals surface area contributed by atoms with Gasteiger partial charge in [-0.25, -0.2) is 0 Å². The van der Waals surface area contributed by atoms with Gasteiger partial charge in [-0.05, 0) is 77.6 Å². The molecule has 0 saturated carbocycles. The van der Waals surface area contributed by atoms with Gasteiger partial charge >= 0.3 is 0 Å². The van der Waals surface area contributed by atoms with Gasteiger partial charge in [-0.1, -0.05) is 0 Å². The zero-order valence-corrected chi connectivity index (χ0v) is 16.4. The van der Waals surface area contributed by atoms with Crippen LogP contribution in [0.5, 0.6) is 17.2 Å². The highest BCUT2D eigenvalue weighted by molar-refractivity contribution is 14.1. The van der Waals surface area contributed by atoms with E-state index in [2.05, 4.69) is 27.9 Å². The van der Waals surface area contributed by atoms with Gasteiger partial charge in [0.15, 0.2) is 11.5 Å². The van der Waals surface area contributed by atoms with Crippen molar-refractivity contribution < 1.29 is 19.4 Å². The summed E-state index contributed by atoms with van der Waals surface area (Å²) in [7, 11) is 1.56. The van der Waals surface area contributed by atoms with E-state index in [1.807, 2.05) is 13.0 Å². The van der Waals surface area contributed by atoms with Crippen LogP contribution in [-0.2, 0) is 4.79 Å². The van der Waals surface area contributed by atoms with Crippen molar-refractivity contribution in [2.75, 3.05) is 19.0 Å². The quantitative estimate of drug-likeness (QED) is 0.293. The number of hydrogen-bond donors (Lipinski definition) is 2. The van der Waals surface area contributed by atoms with E-state index < -0.39 is 5.91 Å². The van der Waals surface area contributed by atoms with Crippen molar-refractivity contribution in [1.82, 2.24) is 0 Å². The molecule has 0 spiro atoms. The fraction of sp³-hybridized carbons (Fsp3) is 0.158. The summed E-state index contributed by atoms with van der Waals surface area (Å²) in [5, 5.41) is 21.2. The number of phenolic OH excluding ortho intramolecular Hbond substituents is 1. The maximum Gasteiger partial charge on any atom is 0.266 e. The Labute approximate surface area is 165 Å². The van der Waals surface area contributed by atoms with Crippen molar-refractivity contribution in [2.24, 2.45) is 0 Å². The van der Waals surface area contributed by atoms with Gasteiger partial charge in [0, 0.05) is 5.69 Å². The third-order valence-electron chi connectivity index (χ3n) is 3.34. The molecular formula is C19H17IN2O4. The second-order valence-electron chi connectivity index (χ2n) is 5.14. The van der Waals surface area contributed by atoms with Crippen LogP contribution in [0.4, 0.5) is 5.69 Å². The molecule has 0 atom stereocenters. The molecule has 0 heterocycles. The van der Waals surface area contributed by atoms with E-state index in [-0.39, 0.29) is 11.3 Å².